The van der Waals surface area contributed by atoms with Gasteiger partial charge in [0, 0.05) is 11.4 Å². The molecule has 1 aromatic heterocycles. The lowest BCUT2D eigenvalue weighted by molar-refractivity contribution is 0.0602. The molecule has 0 spiro atoms. The van der Waals surface area contributed by atoms with Crippen molar-refractivity contribution in [3.8, 4) is 16.2 Å². The van der Waals surface area contributed by atoms with Gasteiger partial charge < -0.3 is 20.1 Å². The predicted octanol–water partition coefficient (Wildman–Crippen LogP) is 4.74. The number of ether oxygens (including phenoxy) is 2. The largest absolute Gasteiger partial charge is 0.496 e. The fourth-order valence-corrected chi connectivity index (χ4v) is 4.18. The van der Waals surface area contributed by atoms with E-state index in [2.05, 4.69) is 10.6 Å². The monoisotopic (exact) mass is 426 g/mol. The number of nitrogens with one attached hydrogen (secondary N) is 2. The van der Waals surface area contributed by atoms with Crippen molar-refractivity contribution in [2.24, 2.45) is 0 Å². The van der Waals surface area contributed by atoms with Crippen molar-refractivity contribution in [2.75, 3.05) is 26.1 Å². The summed E-state index contributed by atoms with van der Waals surface area (Å²) in [7, 11) is 3.03. The Labute approximate surface area is 179 Å². The van der Waals surface area contributed by atoms with E-state index in [1.807, 2.05) is 60.7 Å². The van der Waals surface area contributed by atoms with E-state index in [0.29, 0.717) is 22.2 Å². The third kappa shape index (κ3) is 5.34. The van der Waals surface area contributed by atoms with Crippen LogP contribution in [0.25, 0.3) is 10.4 Å². The predicted molar refractivity (Wildman–Crippen MR) is 122 cm³/mol. The third-order valence-electron chi connectivity index (χ3n) is 4.30. The van der Waals surface area contributed by atoms with Crippen molar-refractivity contribution in [1.29, 1.82) is 0 Å². The lowest BCUT2D eigenvalue weighted by atomic mass is 10.1. The Morgan fingerprint density at radius 3 is 2.52 bits per heavy atom. The number of hydrogen-bond donors (Lipinski definition) is 2. The quantitative estimate of drug-likeness (QED) is 0.420. The van der Waals surface area contributed by atoms with E-state index in [9.17, 15) is 4.79 Å². The van der Waals surface area contributed by atoms with Crippen LogP contribution in [0.1, 0.15) is 15.9 Å². The molecular formula is C22H22N2O3S2. The molecule has 0 aliphatic carbocycles. The van der Waals surface area contributed by atoms with Crippen molar-refractivity contribution in [1.82, 2.24) is 5.32 Å². The third-order valence-corrected chi connectivity index (χ3v) is 5.64. The van der Waals surface area contributed by atoms with Gasteiger partial charge in [0.15, 0.2) is 5.11 Å². The van der Waals surface area contributed by atoms with Gasteiger partial charge in [0.05, 0.1) is 19.8 Å². The molecule has 0 aliphatic heterocycles. The van der Waals surface area contributed by atoms with Crippen molar-refractivity contribution in [3.05, 3.63) is 71.8 Å². The Morgan fingerprint density at radius 1 is 1.07 bits per heavy atom. The van der Waals surface area contributed by atoms with E-state index < -0.39 is 5.97 Å². The first-order chi connectivity index (χ1) is 14.1. The van der Waals surface area contributed by atoms with Gasteiger partial charge in [0.2, 0.25) is 0 Å². The van der Waals surface area contributed by atoms with E-state index in [0.717, 1.165) is 28.2 Å². The number of carbonyl (C=O) groups excluding carboxylic acids is 1. The minimum Gasteiger partial charge on any atom is -0.496 e. The highest BCUT2D eigenvalue weighted by Crippen LogP contribution is 2.35. The summed E-state index contributed by atoms with van der Waals surface area (Å²) >= 11 is 6.88. The summed E-state index contributed by atoms with van der Waals surface area (Å²) in [6.45, 7) is 0.636. The highest BCUT2D eigenvalue weighted by Gasteiger charge is 2.18. The van der Waals surface area contributed by atoms with Crippen LogP contribution in [0.5, 0.6) is 5.75 Å². The second-order valence-electron chi connectivity index (χ2n) is 6.15. The summed E-state index contributed by atoms with van der Waals surface area (Å²) in [6.07, 6.45) is 0.759. The molecule has 7 heteroatoms. The number of carbonyl (C=O) groups is 1. The average Bonchev–Trinajstić information content (AvgIpc) is 3.17. The summed E-state index contributed by atoms with van der Waals surface area (Å²) in [5.74, 6) is 0.453. The van der Waals surface area contributed by atoms with E-state index in [4.69, 9.17) is 21.7 Å². The van der Waals surface area contributed by atoms with Gasteiger partial charge in [-0.2, -0.15) is 0 Å². The van der Waals surface area contributed by atoms with Crippen LogP contribution in [0.3, 0.4) is 0 Å². The van der Waals surface area contributed by atoms with Crippen LogP contribution in [0.2, 0.25) is 0 Å². The van der Waals surface area contributed by atoms with Gasteiger partial charge in [-0.25, -0.2) is 4.79 Å². The number of rotatable bonds is 7. The first kappa shape index (κ1) is 20.8. The van der Waals surface area contributed by atoms with Crippen molar-refractivity contribution in [3.63, 3.8) is 0 Å². The Bertz CT molecular complexity index is 987. The maximum absolute atomic E-state index is 12.2. The van der Waals surface area contributed by atoms with Gasteiger partial charge >= 0.3 is 5.97 Å². The molecule has 0 saturated heterocycles. The summed E-state index contributed by atoms with van der Waals surface area (Å²) in [5.41, 5.74) is 2.60. The minimum absolute atomic E-state index is 0.400. The first-order valence-corrected chi connectivity index (χ1v) is 10.3. The molecule has 2 N–H and O–H groups in total. The molecule has 0 amide bonds. The smallest absolute Gasteiger partial charge is 0.340 e. The zero-order valence-corrected chi connectivity index (χ0v) is 17.9. The maximum Gasteiger partial charge on any atom is 0.340 e. The van der Waals surface area contributed by atoms with E-state index in [1.165, 1.54) is 18.4 Å². The Morgan fingerprint density at radius 2 is 1.79 bits per heavy atom. The highest BCUT2D eigenvalue weighted by atomic mass is 32.1. The average molecular weight is 427 g/mol. The minimum atomic E-state index is -0.400. The Kier molecular flexibility index (Phi) is 7.21. The number of hydrogen-bond acceptors (Lipinski definition) is 5. The number of thiophene rings is 1. The number of anilines is 1. The molecule has 3 rings (SSSR count). The van der Waals surface area contributed by atoms with Crippen molar-refractivity contribution < 1.29 is 14.3 Å². The fraction of sp³-hybridized carbons (Fsp3) is 0.182. The topological polar surface area (TPSA) is 59.6 Å². The standard InChI is InChI=1S/C22H22N2O3S2/c1-26-18-11-7-6-8-15(18)12-13-23-22(28)24-20-17(21(25)27-2)14-19(29-20)16-9-4-3-5-10-16/h3-11,14H,12-13H2,1-2H3,(H2,23,24,28). The van der Waals surface area contributed by atoms with Crippen LogP contribution in [0, 0.1) is 0 Å². The number of methoxy groups -OCH3 is 2. The van der Waals surface area contributed by atoms with Gasteiger partial charge in [-0.1, -0.05) is 48.5 Å². The summed E-state index contributed by atoms with van der Waals surface area (Å²) < 4.78 is 10.3. The van der Waals surface area contributed by atoms with Gasteiger partial charge in [0.1, 0.15) is 10.8 Å². The van der Waals surface area contributed by atoms with E-state index in [-0.39, 0.29) is 0 Å². The first-order valence-electron chi connectivity index (χ1n) is 9.06. The number of benzene rings is 2. The van der Waals surface area contributed by atoms with Crippen LogP contribution in [-0.4, -0.2) is 31.8 Å². The van der Waals surface area contributed by atoms with Gasteiger partial charge in [-0.15, -0.1) is 11.3 Å². The molecule has 0 aliphatic rings. The molecule has 0 radical (unpaired) electrons. The molecule has 0 saturated carbocycles. The SMILES string of the molecule is COC(=O)c1cc(-c2ccccc2)sc1NC(=S)NCCc1ccccc1OC. The molecule has 150 valence electrons. The summed E-state index contributed by atoms with van der Waals surface area (Å²) in [4.78, 5) is 13.2. The summed E-state index contributed by atoms with van der Waals surface area (Å²) in [6, 6.07) is 19.6. The van der Waals surface area contributed by atoms with Crippen molar-refractivity contribution >= 4 is 39.6 Å². The molecule has 0 unspecified atom stereocenters. The lowest BCUT2D eigenvalue weighted by Gasteiger charge is -2.12. The van der Waals surface area contributed by atoms with E-state index in [1.54, 1.807) is 7.11 Å². The molecular weight excluding hydrogens is 404 g/mol. The second-order valence-corrected chi connectivity index (χ2v) is 7.61. The number of esters is 1. The van der Waals surface area contributed by atoms with Gasteiger partial charge in [0.25, 0.3) is 0 Å². The second kappa shape index (κ2) is 10.0. The molecule has 5 nitrogen and oxygen atoms in total. The molecule has 3 aromatic rings. The van der Waals surface area contributed by atoms with Crippen LogP contribution in [-0.2, 0) is 11.2 Å². The maximum atomic E-state index is 12.2. The van der Waals surface area contributed by atoms with Gasteiger partial charge in [-0.3, -0.25) is 0 Å². The zero-order chi connectivity index (χ0) is 20.6. The van der Waals surface area contributed by atoms with Crippen LogP contribution >= 0.6 is 23.6 Å². The van der Waals surface area contributed by atoms with Gasteiger partial charge in [-0.05, 0) is 41.9 Å². The Hall–Kier alpha value is -2.90. The van der Waals surface area contributed by atoms with E-state index >= 15 is 0 Å². The number of para-hydroxylation sites is 1. The summed E-state index contributed by atoms with van der Waals surface area (Å²) in [5, 5.41) is 7.43. The molecule has 0 fully saturated rings. The lowest BCUT2D eigenvalue weighted by Crippen LogP contribution is -2.30. The van der Waals surface area contributed by atoms with Crippen molar-refractivity contribution in [2.45, 2.75) is 6.42 Å². The van der Waals surface area contributed by atoms with Crippen LogP contribution in [0.15, 0.2) is 60.7 Å². The number of thiocarbonyl (C=S) groups is 1. The molecule has 29 heavy (non-hydrogen) atoms. The fourth-order valence-electron chi connectivity index (χ4n) is 2.86. The normalized spacial score (nSPS) is 10.3. The molecule has 0 atom stereocenters. The van der Waals surface area contributed by atoms with Crippen LogP contribution < -0.4 is 15.4 Å². The van der Waals surface area contributed by atoms with Crippen LogP contribution in [0.4, 0.5) is 5.00 Å². The zero-order valence-electron chi connectivity index (χ0n) is 16.2. The molecule has 1 heterocycles. The Balaban J connectivity index is 1.67. The highest BCUT2D eigenvalue weighted by molar-refractivity contribution is 7.80. The molecule has 0 bridgehead atoms. The molecule has 2 aromatic carbocycles.